The highest BCUT2D eigenvalue weighted by Crippen LogP contribution is 2.06. The molecule has 0 spiro atoms. The number of rotatable bonds is 4. The van der Waals surface area contributed by atoms with Gasteiger partial charge in [0.15, 0.2) is 0 Å². The van der Waals surface area contributed by atoms with Gasteiger partial charge in [0.1, 0.15) is 6.61 Å². The summed E-state index contributed by atoms with van der Waals surface area (Å²) in [6.07, 6.45) is 1.64. The molecule has 14 heavy (non-hydrogen) atoms. The van der Waals surface area contributed by atoms with Gasteiger partial charge >= 0.3 is 5.97 Å². The van der Waals surface area contributed by atoms with Crippen molar-refractivity contribution in [2.24, 2.45) is 5.92 Å². The molecule has 76 valence electrons. The Balaban J connectivity index is 2.38. The predicted octanol–water partition coefficient (Wildman–Crippen LogP) is 1.27. The molecule has 0 amide bonds. The lowest BCUT2D eigenvalue weighted by atomic mass is 10.2. The standard InChI is InChI=1S/C10H13NO3/c1-8(10(12)13-2)7-14-9-5-3-4-6-11-9/h3-6,8H,7H2,1-2H3/t8-/m1/s1. The van der Waals surface area contributed by atoms with Crippen molar-refractivity contribution in [3.63, 3.8) is 0 Å². The van der Waals surface area contributed by atoms with Crippen molar-refractivity contribution in [1.29, 1.82) is 0 Å². The van der Waals surface area contributed by atoms with Crippen LogP contribution in [0.3, 0.4) is 0 Å². The fraction of sp³-hybridized carbons (Fsp3) is 0.400. The third kappa shape index (κ3) is 3.05. The Morgan fingerprint density at radius 2 is 2.36 bits per heavy atom. The average molecular weight is 195 g/mol. The Labute approximate surface area is 82.9 Å². The van der Waals surface area contributed by atoms with Gasteiger partial charge in [0, 0.05) is 12.3 Å². The molecule has 1 atom stereocenters. The first-order valence-electron chi connectivity index (χ1n) is 4.35. The molecule has 0 aliphatic rings. The third-order valence-electron chi connectivity index (χ3n) is 1.72. The van der Waals surface area contributed by atoms with Crippen LogP contribution in [-0.4, -0.2) is 24.7 Å². The molecule has 0 unspecified atom stereocenters. The van der Waals surface area contributed by atoms with E-state index in [1.54, 1.807) is 25.3 Å². The molecule has 0 saturated carbocycles. The van der Waals surface area contributed by atoms with E-state index in [1.807, 2.05) is 6.07 Å². The first-order chi connectivity index (χ1) is 6.74. The molecule has 1 aromatic heterocycles. The quantitative estimate of drug-likeness (QED) is 0.679. The first-order valence-corrected chi connectivity index (χ1v) is 4.35. The van der Waals surface area contributed by atoms with Crippen LogP contribution in [0.25, 0.3) is 0 Å². The normalized spacial score (nSPS) is 11.9. The molecule has 0 aromatic carbocycles. The second kappa shape index (κ2) is 5.21. The third-order valence-corrected chi connectivity index (χ3v) is 1.72. The molecule has 4 nitrogen and oxygen atoms in total. The van der Waals surface area contributed by atoms with E-state index in [9.17, 15) is 4.79 Å². The highest BCUT2D eigenvalue weighted by Gasteiger charge is 2.13. The Hall–Kier alpha value is -1.58. The molecule has 1 aromatic rings. The number of nitrogens with zero attached hydrogens (tertiary/aromatic N) is 1. The van der Waals surface area contributed by atoms with E-state index < -0.39 is 0 Å². The fourth-order valence-electron chi connectivity index (χ4n) is 0.912. The van der Waals surface area contributed by atoms with Gasteiger partial charge in [-0.2, -0.15) is 0 Å². The minimum Gasteiger partial charge on any atom is -0.477 e. The summed E-state index contributed by atoms with van der Waals surface area (Å²) in [6.45, 7) is 2.03. The van der Waals surface area contributed by atoms with Gasteiger partial charge in [-0.15, -0.1) is 0 Å². The highest BCUT2D eigenvalue weighted by atomic mass is 16.5. The number of esters is 1. The minimum atomic E-state index is -0.277. The maximum absolute atomic E-state index is 11.0. The molecule has 4 heteroatoms. The van der Waals surface area contributed by atoms with Crippen molar-refractivity contribution in [2.45, 2.75) is 6.92 Å². The number of hydrogen-bond donors (Lipinski definition) is 0. The summed E-state index contributed by atoms with van der Waals surface area (Å²) in [7, 11) is 1.36. The van der Waals surface area contributed by atoms with Crippen molar-refractivity contribution < 1.29 is 14.3 Å². The molecule has 0 radical (unpaired) electrons. The van der Waals surface area contributed by atoms with E-state index in [2.05, 4.69) is 9.72 Å². The summed E-state index contributed by atoms with van der Waals surface area (Å²) in [4.78, 5) is 15.0. The molecular formula is C10H13NO3. The van der Waals surface area contributed by atoms with Gasteiger partial charge in [-0.05, 0) is 13.0 Å². The second-order valence-electron chi connectivity index (χ2n) is 2.90. The molecule has 1 rings (SSSR count). The van der Waals surface area contributed by atoms with Crippen LogP contribution in [0.1, 0.15) is 6.92 Å². The summed E-state index contributed by atoms with van der Waals surface area (Å²) >= 11 is 0. The molecule has 0 fully saturated rings. The summed E-state index contributed by atoms with van der Waals surface area (Å²) < 4.78 is 9.84. The molecule has 0 aliphatic heterocycles. The SMILES string of the molecule is COC(=O)[C@H](C)COc1ccccn1. The van der Waals surface area contributed by atoms with E-state index >= 15 is 0 Å². The van der Waals surface area contributed by atoms with Crippen LogP contribution in [0.4, 0.5) is 0 Å². The molecule has 0 aliphatic carbocycles. The minimum absolute atomic E-state index is 0.276. The molecule has 0 saturated heterocycles. The number of carbonyl (C=O) groups excluding carboxylic acids is 1. The van der Waals surface area contributed by atoms with E-state index in [1.165, 1.54) is 7.11 Å². The fourth-order valence-corrected chi connectivity index (χ4v) is 0.912. The van der Waals surface area contributed by atoms with Crippen molar-refractivity contribution in [3.8, 4) is 5.88 Å². The van der Waals surface area contributed by atoms with Crippen LogP contribution >= 0.6 is 0 Å². The second-order valence-corrected chi connectivity index (χ2v) is 2.90. The number of methoxy groups -OCH3 is 1. The van der Waals surface area contributed by atoms with Gasteiger partial charge in [0.05, 0.1) is 13.0 Å². The number of carbonyl (C=O) groups is 1. The van der Waals surface area contributed by atoms with Crippen LogP contribution in [-0.2, 0) is 9.53 Å². The Bertz CT molecular complexity index is 287. The van der Waals surface area contributed by atoms with Gasteiger partial charge < -0.3 is 9.47 Å². The van der Waals surface area contributed by atoms with E-state index in [-0.39, 0.29) is 18.5 Å². The van der Waals surface area contributed by atoms with Crippen LogP contribution < -0.4 is 4.74 Å². The van der Waals surface area contributed by atoms with Gasteiger partial charge in [0.25, 0.3) is 0 Å². The van der Waals surface area contributed by atoms with E-state index in [0.29, 0.717) is 5.88 Å². The monoisotopic (exact) mass is 195 g/mol. The van der Waals surface area contributed by atoms with Crippen LogP contribution in [0.2, 0.25) is 0 Å². The van der Waals surface area contributed by atoms with Crippen molar-refractivity contribution in [2.75, 3.05) is 13.7 Å². The maximum Gasteiger partial charge on any atom is 0.311 e. The number of ether oxygens (including phenoxy) is 2. The lowest BCUT2D eigenvalue weighted by Crippen LogP contribution is -2.20. The van der Waals surface area contributed by atoms with E-state index in [4.69, 9.17) is 4.74 Å². The zero-order valence-corrected chi connectivity index (χ0v) is 8.27. The van der Waals surface area contributed by atoms with Gasteiger partial charge in [-0.3, -0.25) is 4.79 Å². The smallest absolute Gasteiger partial charge is 0.311 e. The first kappa shape index (κ1) is 10.5. The van der Waals surface area contributed by atoms with Crippen molar-refractivity contribution >= 4 is 5.97 Å². The van der Waals surface area contributed by atoms with Gasteiger partial charge in [0.2, 0.25) is 5.88 Å². The highest BCUT2D eigenvalue weighted by molar-refractivity contribution is 5.71. The van der Waals surface area contributed by atoms with Crippen molar-refractivity contribution in [1.82, 2.24) is 4.98 Å². The Morgan fingerprint density at radius 1 is 1.57 bits per heavy atom. The van der Waals surface area contributed by atoms with Crippen molar-refractivity contribution in [3.05, 3.63) is 24.4 Å². The average Bonchev–Trinajstić information content (AvgIpc) is 2.26. The zero-order valence-electron chi connectivity index (χ0n) is 8.27. The van der Waals surface area contributed by atoms with Gasteiger partial charge in [-0.1, -0.05) is 6.07 Å². The lowest BCUT2D eigenvalue weighted by Gasteiger charge is -2.09. The van der Waals surface area contributed by atoms with Crippen LogP contribution in [0.5, 0.6) is 5.88 Å². The number of aromatic nitrogens is 1. The maximum atomic E-state index is 11.0. The van der Waals surface area contributed by atoms with E-state index in [0.717, 1.165) is 0 Å². The number of pyridine rings is 1. The van der Waals surface area contributed by atoms with Gasteiger partial charge in [-0.25, -0.2) is 4.98 Å². The Morgan fingerprint density at radius 3 is 2.93 bits per heavy atom. The summed E-state index contributed by atoms with van der Waals surface area (Å²) in [5, 5.41) is 0. The topological polar surface area (TPSA) is 48.4 Å². The molecular weight excluding hydrogens is 182 g/mol. The van der Waals surface area contributed by atoms with Crippen LogP contribution in [0.15, 0.2) is 24.4 Å². The predicted molar refractivity (Wildman–Crippen MR) is 50.9 cm³/mol. The number of hydrogen-bond acceptors (Lipinski definition) is 4. The molecule has 0 N–H and O–H groups in total. The summed E-state index contributed by atoms with van der Waals surface area (Å²) in [5.41, 5.74) is 0. The lowest BCUT2D eigenvalue weighted by molar-refractivity contribution is -0.145. The summed E-state index contributed by atoms with van der Waals surface area (Å²) in [5.74, 6) is -0.0359. The van der Waals surface area contributed by atoms with Crippen LogP contribution in [0, 0.1) is 5.92 Å². The molecule has 1 heterocycles. The molecule has 0 bridgehead atoms. The summed E-state index contributed by atoms with van der Waals surface area (Å²) in [6, 6.07) is 5.37. The zero-order chi connectivity index (χ0) is 10.4. The Kier molecular flexibility index (Phi) is 3.91. The largest absolute Gasteiger partial charge is 0.477 e.